The van der Waals surface area contributed by atoms with E-state index in [0.717, 1.165) is 5.82 Å². The Hall–Kier alpha value is -1.76. The smallest absolute Gasteiger partial charge is 0.385 e. The zero-order valence-corrected chi connectivity index (χ0v) is 9.34. The minimum absolute atomic E-state index is 0.504. The number of H-pyrrole nitrogens is 1. The Morgan fingerprint density at radius 2 is 2.20 bits per heavy atom. The third-order valence-electron chi connectivity index (χ3n) is 1.40. The highest BCUT2D eigenvalue weighted by atomic mass is 16.6. The standard InChI is InChI=1S/C11H14N2O2/c1-8-12-7-9(13-8)5-6-10(14)15-11(2,3)4/h7H,1-4H3,(H,12,13). The van der Waals surface area contributed by atoms with Crippen LogP contribution in [0.5, 0.6) is 0 Å². The van der Waals surface area contributed by atoms with Crippen molar-refractivity contribution < 1.29 is 9.53 Å². The van der Waals surface area contributed by atoms with Gasteiger partial charge in [0.1, 0.15) is 17.1 Å². The molecule has 0 bridgehead atoms. The molecule has 0 aliphatic heterocycles. The molecule has 0 aliphatic rings. The van der Waals surface area contributed by atoms with Gasteiger partial charge in [-0.3, -0.25) is 0 Å². The van der Waals surface area contributed by atoms with Gasteiger partial charge in [0, 0.05) is 5.92 Å². The Kier molecular flexibility index (Phi) is 3.15. The first-order chi connectivity index (χ1) is 6.87. The fourth-order valence-corrected chi connectivity index (χ4v) is 0.906. The summed E-state index contributed by atoms with van der Waals surface area (Å²) in [6, 6.07) is 0. The Morgan fingerprint density at radius 3 is 2.67 bits per heavy atom. The van der Waals surface area contributed by atoms with Crippen LogP contribution >= 0.6 is 0 Å². The number of ether oxygens (including phenoxy) is 1. The van der Waals surface area contributed by atoms with E-state index in [1.807, 2.05) is 6.92 Å². The second kappa shape index (κ2) is 4.18. The molecule has 0 unspecified atom stereocenters. The third-order valence-corrected chi connectivity index (χ3v) is 1.40. The van der Waals surface area contributed by atoms with Gasteiger partial charge >= 0.3 is 5.97 Å². The molecular formula is C11H14N2O2. The Labute approximate surface area is 89.1 Å². The van der Waals surface area contributed by atoms with E-state index in [1.165, 1.54) is 0 Å². The predicted octanol–water partition coefficient (Wildman–Crippen LogP) is 1.41. The van der Waals surface area contributed by atoms with Gasteiger partial charge in [-0.1, -0.05) is 0 Å². The zero-order valence-electron chi connectivity index (χ0n) is 9.34. The maximum atomic E-state index is 11.2. The minimum Gasteiger partial charge on any atom is -0.450 e. The number of hydrogen-bond acceptors (Lipinski definition) is 3. The van der Waals surface area contributed by atoms with Crippen molar-refractivity contribution in [2.24, 2.45) is 0 Å². The molecule has 0 amide bonds. The Bertz CT molecular complexity index is 416. The summed E-state index contributed by atoms with van der Waals surface area (Å²) in [5, 5.41) is 0. The van der Waals surface area contributed by atoms with E-state index >= 15 is 0 Å². The van der Waals surface area contributed by atoms with Gasteiger partial charge in [-0.2, -0.15) is 0 Å². The summed E-state index contributed by atoms with van der Waals surface area (Å²) in [6.45, 7) is 7.21. The van der Waals surface area contributed by atoms with E-state index in [-0.39, 0.29) is 0 Å². The SMILES string of the molecule is Cc1ncc(C#CC(=O)OC(C)(C)C)[nH]1. The highest BCUT2D eigenvalue weighted by molar-refractivity contribution is 5.89. The number of imidazole rings is 1. The van der Waals surface area contributed by atoms with Crippen molar-refractivity contribution >= 4 is 5.97 Å². The van der Waals surface area contributed by atoms with Crippen LogP contribution in [-0.2, 0) is 9.53 Å². The first-order valence-corrected chi connectivity index (χ1v) is 4.63. The van der Waals surface area contributed by atoms with E-state index < -0.39 is 11.6 Å². The first-order valence-electron chi connectivity index (χ1n) is 4.63. The molecule has 1 heterocycles. The zero-order chi connectivity index (χ0) is 11.5. The summed E-state index contributed by atoms with van der Waals surface area (Å²) in [4.78, 5) is 18.1. The molecule has 0 aromatic carbocycles. The summed E-state index contributed by atoms with van der Waals surface area (Å²) in [5.74, 6) is 5.27. The van der Waals surface area contributed by atoms with Crippen LogP contribution in [0, 0.1) is 18.8 Å². The van der Waals surface area contributed by atoms with Crippen molar-refractivity contribution in [3.63, 3.8) is 0 Å². The van der Waals surface area contributed by atoms with Crippen LogP contribution in [0.15, 0.2) is 6.20 Å². The lowest BCUT2D eigenvalue weighted by atomic mass is 10.2. The summed E-state index contributed by atoms with van der Waals surface area (Å²) in [6.07, 6.45) is 1.58. The van der Waals surface area contributed by atoms with Gasteiger partial charge in [0.15, 0.2) is 0 Å². The van der Waals surface area contributed by atoms with Crippen LogP contribution in [0.3, 0.4) is 0 Å². The maximum absolute atomic E-state index is 11.2. The van der Waals surface area contributed by atoms with E-state index in [0.29, 0.717) is 5.69 Å². The van der Waals surface area contributed by atoms with Gasteiger partial charge in [-0.15, -0.1) is 0 Å². The van der Waals surface area contributed by atoms with Crippen molar-refractivity contribution in [1.82, 2.24) is 9.97 Å². The molecule has 0 atom stereocenters. The van der Waals surface area contributed by atoms with E-state index in [9.17, 15) is 4.79 Å². The molecular weight excluding hydrogens is 192 g/mol. The molecule has 1 aromatic rings. The quantitative estimate of drug-likeness (QED) is 0.516. The van der Waals surface area contributed by atoms with Crippen molar-refractivity contribution in [3.8, 4) is 11.8 Å². The molecule has 1 N–H and O–H groups in total. The van der Waals surface area contributed by atoms with Crippen molar-refractivity contribution in [3.05, 3.63) is 17.7 Å². The van der Waals surface area contributed by atoms with Gasteiger partial charge in [0.25, 0.3) is 0 Å². The number of esters is 1. The van der Waals surface area contributed by atoms with Gasteiger partial charge in [0.05, 0.1) is 6.20 Å². The van der Waals surface area contributed by atoms with Crippen molar-refractivity contribution in [1.29, 1.82) is 0 Å². The average molecular weight is 206 g/mol. The maximum Gasteiger partial charge on any atom is 0.385 e. The van der Waals surface area contributed by atoms with Crippen LogP contribution < -0.4 is 0 Å². The molecule has 1 aromatic heterocycles. The molecule has 0 fully saturated rings. The van der Waals surface area contributed by atoms with Crippen LogP contribution in [-0.4, -0.2) is 21.5 Å². The molecule has 0 radical (unpaired) electrons. The van der Waals surface area contributed by atoms with E-state index in [2.05, 4.69) is 21.8 Å². The third kappa shape index (κ3) is 4.32. The second-order valence-corrected chi connectivity index (χ2v) is 4.13. The normalized spacial score (nSPS) is 10.4. The van der Waals surface area contributed by atoms with Crippen LogP contribution in [0.4, 0.5) is 0 Å². The highest BCUT2D eigenvalue weighted by Gasteiger charge is 2.14. The summed E-state index contributed by atoms with van der Waals surface area (Å²) < 4.78 is 5.02. The van der Waals surface area contributed by atoms with Crippen LogP contribution in [0.1, 0.15) is 32.3 Å². The molecule has 4 heteroatoms. The summed E-state index contributed by atoms with van der Waals surface area (Å²) in [7, 11) is 0. The number of aromatic amines is 1. The second-order valence-electron chi connectivity index (χ2n) is 4.13. The van der Waals surface area contributed by atoms with Gasteiger partial charge in [-0.25, -0.2) is 9.78 Å². The molecule has 4 nitrogen and oxygen atoms in total. The fraction of sp³-hybridized carbons (Fsp3) is 0.455. The highest BCUT2D eigenvalue weighted by Crippen LogP contribution is 2.06. The lowest BCUT2D eigenvalue weighted by Crippen LogP contribution is -2.22. The van der Waals surface area contributed by atoms with Gasteiger partial charge in [0.2, 0.25) is 0 Å². The Balaban J connectivity index is 2.63. The number of nitrogens with zero attached hydrogens (tertiary/aromatic N) is 1. The average Bonchev–Trinajstić information content (AvgIpc) is 2.45. The number of aromatic nitrogens is 2. The number of aryl methyl sites for hydroxylation is 1. The lowest BCUT2D eigenvalue weighted by molar-refractivity contribution is -0.147. The molecule has 0 saturated carbocycles. The minimum atomic E-state index is -0.533. The van der Waals surface area contributed by atoms with Gasteiger partial charge in [-0.05, 0) is 33.6 Å². The monoisotopic (exact) mass is 206 g/mol. The number of nitrogens with one attached hydrogen (secondary N) is 1. The summed E-state index contributed by atoms with van der Waals surface area (Å²) >= 11 is 0. The largest absolute Gasteiger partial charge is 0.450 e. The number of hydrogen-bond donors (Lipinski definition) is 1. The molecule has 80 valence electrons. The summed E-state index contributed by atoms with van der Waals surface area (Å²) in [5.41, 5.74) is 0.105. The fourth-order valence-electron chi connectivity index (χ4n) is 0.906. The van der Waals surface area contributed by atoms with Crippen LogP contribution in [0.25, 0.3) is 0 Å². The molecule has 0 saturated heterocycles. The number of carbonyl (C=O) groups excluding carboxylic acids is 1. The van der Waals surface area contributed by atoms with E-state index in [4.69, 9.17) is 4.74 Å². The van der Waals surface area contributed by atoms with Gasteiger partial charge < -0.3 is 9.72 Å². The molecule has 1 rings (SSSR count). The van der Waals surface area contributed by atoms with E-state index in [1.54, 1.807) is 27.0 Å². The molecule has 0 aliphatic carbocycles. The van der Waals surface area contributed by atoms with Crippen molar-refractivity contribution in [2.75, 3.05) is 0 Å². The first kappa shape index (κ1) is 11.3. The molecule has 15 heavy (non-hydrogen) atoms. The van der Waals surface area contributed by atoms with Crippen LogP contribution in [0.2, 0.25) is 0 Å². The number of rotatable bonds is 0. The molecule has 0 spiro atoms. The lowest BCUT2D eigenvalue weighted by Gasteiger charge is -2.16. The topological polar surface area (TPSA) is 55.0 Å². The Morgan fingerprint density at radius 1 is 1.53 bits per heavy atom. The van der Waals surface area contributed by atoms with Crippen molar-refractivity contribution in [2.45, 2.75) is 33.3 Å². The predicted molar refractivity (Wildman–Crippen MR) is 56.0 cm³/mol. The number of carbonyl (C=O) groups is 1.